The van der Waals surface area contributed by atoms with Gasteiger partial charge in [-0.25, -0.2) is 4.99 Å². The first-order valence-corrected chi connectivity index (χ1v) is 11.6. The van der Waals surface area contributed by atoms with Gasteiger partial charge in [-0.2, -0.15) is 0 Å². The summed E-state index contributed by atoms with van der Waals surface area (Å²) in [6.45, 7) is 9.52. The number of nitrogens with two attached hydrogens (primary N) is 1. The topological polar surface area (TPSA) is 70.7 Å². The Balaban J connectivity index is 1.77. The molecule has 1 heterocycles. The Morgan fingerprint density at radius 1 is 1.16 bits per heavy atom. The second-order valence-corrected chi connectivity index (χ2v) is 9.32. The van der Waals surface area contributed by atoms with Gasteiger partial charge in [0.05, 0.1) is 6.34 Å². The van der Waals surface area contributed by atoms with Gasteiger partial charge in [-0.3, -0.25) is 4.79 Å². The van der Waals surface area contributed by atoms with E-state index in [4.69, 9.17) is 28.9 Å². The molecule has 0 unspecified atom stereocenters. The minimum atomic E-state index is -0.434. The van der Waals surface area contributed by atoms with Gasteiger partial charge in [0, 0.05) is 28.4 Å². The number of likely N-dealkylation sites (tertiary alicyclic amines) is 1. The molecule has 3 rings (SSSR count). The summed E-state index contributed by atoms with van der Waals surface area (Å²) in [5, 5.41) is 6.13. The zero-order chi connectivity index (χ0) is 23.3. The van der Waals surface area contributed by atoms with E-state index in [0.717, 1.165) is 23.1 Å². The van der Waals surface area contributed by atoms with Crippen LogP contribution in [0.1, 0.15) is 38.2 Å². The third kappa shape index (κ3) is 5.84. The average molecular weight is 473 g/mol. The van der Waals surface area contributed by atoms with Gasteiger partial charge in [-0.05, 0) is 65.8 Å². The largest absolute Gasteiger partial charge is 0.390 e. The summed E-state index contributed by atoms with van der Waals surface area (Å²) in [5.41, 5.74) is 6.87. The molecule has 1 aliphatic rings. The summed E-state index contributed by atoms with van der Waals surface area (Å²) in [4.78, 5) is 19.7. The van der Waals surface area contributed by atoms with E-state index in [-0.39, 0.29) is 11.8 Å². The van der Waals surface area contributed by atoms with Crippen LogP contribution >= 0.6 is 23.2 Å². The van der Waals surface area contributed by atoms with Crippen LogP contribution in [0, 0.1) is 5.92 Å². The summed E-state index contributed by atoms with van der Waals surface area (Å²) in [6.07, 6.45) is 3.07. The average Bonchev–Trinajstić information content (AvgIpc) is 2.77. The van der Waals surface area contributed by atoms with Gasteiger partial charge in [-0.1, -0.05) is 55.8 Å². The van der Waals surface area contributed by atoms with Crippen molar-refractivity contribution >= 4 is 47.8 Å². The molecule has 0 aliphatic carbocycles. The molecule has 2 aromatic rings. The number of benzene rings is 2. The molecule has 2 aromatic carbocycles. The Labute approximate surface area is 199 Å². The molecule has 1 amide bonds. The molecule has 1 aliphatic heterocycles. The van der Waals surface area contributed by atoms with E-state index in [1.54, 1.807) is 12.1 Å². The van der Waals surface area contributed by atoms with Crippen LogP contribution in [-0.4, -0.2) is 36.3 Å². The molecule has 1 saturated heterocycles. The van der Waals surface area contributed by atoms with Crippen molar-refractivity contribution in [1.29, 1.82) is 0 Å². The highest BCUT2D eigenvalue weighted by atomic mass is 35.5. The monoisotopic (exact) mass is 472 g/mol. The molecule has 0 aromatic heterocycles. The second kappa shape index (κ2) is 10.9. The highest BCUT2D eigenvalue weighted by molar-refractivity contribution is 6.30. The lowest BCUT2D eigenvalue weighted by Crippen LogP contribution is -2.51. The number of hydrogen-bond acceptors (Lipinski definition) is 3. The van der Waals surface area contributed by atoms with Gasteiger partial charge in [-0.15, -0.1) is 0 Å². The van der Waals surface area contributed by atoms with E-state index in [1.807, 2.05) is 36.9 Å². The van der Waals surface area contributed by atoms with Crippen LogP contribution in [0.15, 0.2) is 47.5 Å². The van der Waals surface area contributed by atoms with Gasteiger partial charge in [0.15, 0.2) is 0 Å². The maximum atomic E-state index is 13.5. The molecule has 1 atom stereocenters. The Morgan fingerprint density at radius 2 is 1.78 bits per heavy atom. The summed E-state index contributed by atoms with van der Waals surface area (Å²) >= 11 is 12.1. The van der Waals surface area contributed by atoms with Crippen LogP contribution in [0.4, 0.5) is 0 Å². The van der Waals surface area contributed by atoms with E-state index < -0.39 is 6.04 Å². The molecule has 7 heteroatoms. The molecule has 0 saturated carbocycles. The Bertz CT molecular complexity index is 1070. The van der Waals surface area contributed by atoms with Crippen LogP contribution in [0.5, 0.6) is 0 Å². The minimum Gasteiger partial charge on any atom is -0.390 e. The summed E-state index contributed by atoms with van der Waals surface area (Å²) in [5.74, 6) is 1.07. The summed E-state index contributed by atoms with van der Waals surface area (Å²) < 4.78 is 0. The predicted molar refractivity (Wildman–Crippen MR) is 134 cm³/mol. The lowest BCUT2D eigenvalue weighted by Gasteiger charge is -2.36. The third-order valence-corrected chi connectivity index (χ3v) is 6.39. The number of aliphatic imine (C=N–C) groups is 1. The first-order valence-electron chi connectivity index (χ1n) is 10.8. The fourth-order valence-corrected chi connectivity index (χ4v) is 4.40. The number of rotatable bonds is 6. The van der Waals surface area contributed by atoms with Gasteiger partial charge < -0.3 is 16.0 Å². The van der Waals surface area contributed by atoms with Gasteiger partial charge in [0.25, 0.3) is 0 Å². The number of halogens is 2. The van der Waals surface area contributed by atoms with Crippen LogP contribution in [0.3, 0.4) is 0 Å². The minimum absolute atomic E-state index is 0.0556. The maximum Gasteiger partial charge on any atom is 0.245 e. The van der Waals surface area contributed by atoms with E-state index in [1.165, 1.54) is 11.9 Å². The van der Waals surface area contributed by atoms with E-state index in [9.17, 15) is 4.79 Å². The van der Waals surface area contributed by atoms with Crippen molar-refractivity contribution in [3.8, 4) is 0 Å². The fourth-order valence-electron chi connectivity index (χ4n) is 4.08. The van der Waals surface area contributed by atoms with Crippen LogP contribution in [0.2, 0.25) is 10.0 Å². The predicted octanol–water partition coefficient (Wildman–Crippen LogP) is 3.48. The lowest BCUT2D eigenvalue weighted by molar-refractivity contribution is -0.135. The van der Waals surface area contributed by atoms with Crippen molar-refractivity contribution in [2.45, 2.75) is 38.6 Å². The molecule has 0 spiro atoms. The number of nitrogens with zero attached hydrogens (tertiary/aromatic N) is 2. The molecular formula is C25H30Cl2N4O. The van der Waals surface area contributed by atoms with Crippen molar-refractivity contribution in [3.05, 3.63) is 68.5 Å². The maximum absolute atomic E-state index is 13.5. The molecule has 3 N–H and O–H groups in total. The Kier molecular flexibility index (Phi) is 8.21. The van der Waals surface area contributed by atoms with Crippen LogP contribution in [0.25, 0.3) is 12.4 Å². The van der Waals surface area contributed by atoms with Crippen LogP contribution in [-0.2, 0) is 4.79 Å². The van der Waals surface area contributed by atoms with Gasteiger partial charge in [0.2, 0.25) is 5.91 Å². The van der Waals surface area contributed by atoms with Crippen molar-refractivity contribution < 1.29 is 4.79 Å². The highest BCUT2D eigenvalue weighted by Crippen LogP contribution is 2.29. The van der Waals surface area contributed by atoms with Crippen LogP contribution < -0.4 is 21.5 Å². The summed E-state index contributed by atoms with van der Waals surface area (Å²) in [6, 6.07) is 12.9. The van der Waals surface area contributed by atoms with E-state index in [0.29, 0.717) is 35.1 Å². The fraction of sp³-hybridized carbons (Fsp3) is 0.360. The van der Waals surface area contributed by atoms with Gasteiger partial charge in [0.1, 0.15) is 11.9 Å². The first-order chi connectivity index (χ1) is 15.3. The van der Waals surface area contributed by atoms with Crippen molar-refractivity contribution in [3.63, 3.8) is 0 Å². The van der Waals surface area contributed by atoms with Crippen molar-refractivity contribution in [2.75, 3.05) is 13.1 Å². The molecular weight excluding hydrogens is 443 g/mol. The molecule has 170 valence electrons. The SMILES string of the molecule is C=c1cc(Cl)cc/c1=C(/N=CN)N[C@@H](C(=O)N1CCC(c2ccc(Cl)cc2)CC1)C(C)C. The molecule has 0 bridgehead atoms. The highest BCUT2D eigenvalue weighted by Gasteiger charge is 2.31. The Morgan fingerprint density at radius 3 is 2.34 bits per heavy atom. The zero-order valence-electron chi connectivity index (χ0n) is 18.5. The smallest absolute Gasteiger partial charge is 0.245 e. The van der Waals surface area contributed by atoms with Crippen molar-refractivity contribution in [1.82, 2.24) is 10.2 Å². The first kappa shape index (κ1) is 24.1. The molecule has 0 radical (unpaired) electrons. The standard InChI is InChI=1S/C25H30Cl2N4O/c1-16(2)23(30-24(29-15-28)22-9-8-21(27)14-17(22)3)25(32)31-12-10-19(11-13-31)18-4-6-20(26)7-5-18/h4-9,14-16,19,23,30H,3,10-13H2,1-2H3,(H2,28,29)/b24-22+/t23-/m1/s1. The summed E-state index contributed by atoms with van der Waals surface area (Å²) in [7, 11) is 0. The quantitative estimate of drug-likeness (QED) is 0.499. The third-order valence-electron chi connectivity index (χ3n) is 5.90. The number of carbonyl (C=O) groups excluding carboxylic acids is 1. The zero-order valence-corrected chi connectivity index (χ0v) is 20.0. The number of hydrogen-bond donors (Lipinski definition) is 2. The Hall–Kier alpha value is -2.50. The van der Waals surface area contributed by atoms with E-state index in [2.05, 4.69) is 29.0 Å². The van der Waals surface area contributed by atoms with Crippen molar-refractivity contribution in [2.24, 2.45) is 16.6 Å². The number of piperidine rings is 1. The number of nitrogens with one attached hydrogen (secondary N) is 1. The number of carbonyl (C=O) groups is 1. The molecule has 1 fully saturated rings. The lowest BCUT2D eigenvalue weighted by atomic mass is 9.89. The second-order valence-electron chi connectivity index (χ2n) is 8.45. The number of amides is 1. The molecule has 5 nitrogen and oxygen atoms in total. The van der Waals surface area contributed by atoms with E-state index >= 15 is 0 Å². The normalized spacial score (nSPS) is 17.0. The molecule has 32 heavy (non-hydrogen) atoms. The van der Waals surface area contributed by atoms with Gasteiger partial charge >= 0.3 is 0 Å².